The molecule has 1 saturated heterocycles. The van der Waals surface area contributed by atoms with Gasteiger partial charge in [0, 0.05) is 17.8 Å². The maximum absolute atomic E-state index is 9.20. The van der Waals surface area contributed by atoms with Crippen LogP contribution in [0.5, 0.6) is 0 Å². The van der Waals surface area contributed by atoms with Gasteiger partial charge in [-0.05, 0) is 24.1 Å². The monoisotopic (exact) mass is 179 g/mol. The van der Waals surface area contributed by atoms with Crippen molar-refractivity contribution in [1.82, 2.24) is 4.98 Å². The first-order valence-corrected chi connectivity index (χ1v) is 4.42. The number of hydrogen-bond donors (Lipinski definition) is 1. The lowest BCUT2D eigenvalue weighted by atomic mass is 9.81. The SMILES string of the molecule is OCC1(Cc2ccncc2)COC1. The van der Waals surface area contributed by atoms with Gasteiger partial charge >= 0.3 is 0 Å². The number of ether oxygens (including phenoxy) is 1. The van der Waals surface area contributed by atoms with Crippen LogP contribution in [-0.4, -0.2) is 29.9 Å². The van der Waals surface area contributed by atoms with Gasteiger partial charge in [-0.3, -0.25) is 4.98 Å². The van der Waals surface area contributed by atoms with E-state index in [1.165, 1.54) is 5.56 Å². The Morgan fingerprint density at radius 3 is 2.54 bits per heavy atom. The molecule has 1 fully saturated rings. The van der Waals surface area contributed by atoms with Crippen molar-refractivity contribution < 1.29 is 9.84 Å². The predicted molar refractivity (Wildman–Crippen MR) is 48.3 cm³/mol. The first-order valence-electron chi connectivity index (χ1n) is 4.42. The summed E-state index contributed by atoms with van der Waals surface area (Å²) in [5, 5.41) is 9.20. The molecule has 70 valence electrons. The Bertz CT molecular complexity index is 264. The number of aliphatic hydroxyl groups excluding tert-OH is 1. The molecule has 1 aliphatic rings. The zero-order valence-electron chi connectivity index (χ0n) is 7.44. The molecule has 0 unspecified atom stereocenters. The standard InChI is InChI=1S/C10H13NO2/c12-6-10(7-13-8-10)5-9-1-3-11-4-2-9/h1-4,12H,5-8H2. The van der Waals surface area contributed by atoms with Gasteiger partial charge in [0.25, 0.3) is 0 Å². The van der Waals surface area contributed by atoms with Crippen LogP contribution in [0.3, 0.4) is 0 Å². The highest BCUT2D eigenvalue weighted by atomic mass is 16.5. The van der Waals surface area contributed by atoms with E-state index in [0.29, 0.717) is 13.2 Å². The minimum absolute atomic E-state index is 0.0264. The van der Waals surface area contributed by atoms with Gasteiger partial charge in [0.05, 0.1) is 19.8 Å². The van der Waals surface area contributed by atoms with E-state index in [0.717, 1.165) is 6.42 Å². The Kier molecular flexibility index (Phi) is 2.29. The third-order valence-corrected chi connectivity index (χ3v) is 2.48. The van der Waals surface area contributed by atoms with Gasteiger partial charge in [-0.15, -0.1) is 0 Å². The average molecular weight is 179 g/mol. The zero-order chi connectivity index (χ0) is 9.15. The van der Waals surface area contributed by atoms with Crippen LogP contribution in [-0.2, 0) is 11.2 Å². The lowest BCUT2D eigenvalue weighted by Gasteiger charge is -2.40. The second-order valence-corrected chi connectivity index (χ2v) is 3.68. The quantitative estimate of drug-likeness (QED) is 0.740. The van der Waals surface area contributed by atoms with Crippen LogP contribution in [0.4, 0.5) is 0 Å². The summed E-state index contributed by atoms with van der Waals surface area (Å²) in [7, 11) is 0. The molecule has 0 aliphatic carbocycles. The summed E-state index contributed by atoms with van der Waals surface area (Å²) in [6, 6.07) is 3.96. The fourth-order valence-corrected chi connectivity index (χ4v) is 1.57. The Labute approximate surface area is 77.4 Å². The molecule has 2 rings (SSSR count). The van der Waals surface area contributed by atoms with Crippen molar-refractivity contribution in [2.24, 2.45) is 5.41 Å². The number of hydrogen-bond acceptors (Lipinski definition) is 3. The highest BCUT2D eigenvalue weighted by molar-refractivity contribution is 5.13. The molecule has 3 heteroatoms. The minimum atomic E-state index is -0.0264. The van der Waals surface area contributed by atoms with Crippen LogP contribution in [0, 0.1) is 5.41 Å². The molecule has 13 heavy (non-hydrogen) atoms. The summed E-state index contributed by atoms with van der Waals surface area (Å²) in [5.41, 5.74) is 1.19. The minimum Gasteiger partial charge on any atom is -0.396 e. The summed E-state index contributed by atoms with van der Waals surface area (Å²) >= 11 is 0. The summed E-state index contributed by atoms with van der Waals surface area (Å²) in [6.45, 7) is 1.55. The molecule has 1 N–H and O–H groups in total. The number of nitrogens with zero attached hydrogens (tertiary/aromatic N) is 1. The zero-order valence-corrected chi connectivity index (χ0v) is 7.44. The molecule has 1 aromatic rings. The van der Waals surface area contributed by atoms with Crippen LogP contribution >= 0.6 is 0 Å². The second-order valence-electron chi connectivity index (χ2n) is 3.68. The topological polar surface area (TPSA) is 42.4 Å². The molecular formula is C10H13NO2. The van der Waals surface area contributed by atoms with E-state index >= 15 is 0 Å². The normalized spacial score (nSPS) is 19.5. The van der Waals surface area contributed by atoms with Crippen molar-refractivity contribution in [2.75, 3.05) is 19.8 Å². The van der Waals surface area contributed by atoms with Crippen LogP contribution in [0.25, 0.3) is 0 Å². The maximum Gasteiger partial charge on any atom is 0.0570 e. The van der Waals surface area contributed by atoms with Gasteiger partial charge in [-0.1, -0.05) is 0 Å². The van der Waals surface area contributed by atoms with Gasteiger partial charge in [-0.2, -0.15) is 0 Å². The Morgan fingerprint density at radius 1 is 1.38 bits per heavy atom. The van der Waals surface area contributed by atoms with Crippen molar-refractivity contribution in [3.05, 3.63) is 30.1 Å². The third kappa shape index (κ3) is 1.71. The van der Waals surface area contributed by atoms with Crippen molar-refractivity contribution in [1.29, 1.82) is 0 Å². The lowest BCUT2D eigenvalue weighted by molar-refractivity contribution is -0.136. The van der Waals surface area contributed by atoms with E-state index in [1.54, 1.807) is 12.4 Å². The molecule has 0 spiro atoms. The van der Waals surface area contributed by atoms with Gasteiger partial charge in [0.15, 0.2) is 0 Å². The molecule has 1 aromatic heterocycles. The Hall–Kier alpha value is -0.930. The largest absolute Gasteiger partial charge is 0.396 e. The van der Waals surface area contributed by atoms with Crippen LogP contribution in [0.2, 0.25) is 0 Å². The van der Waals surface area contributed by atoms with Gasteiger partial charge in [-0.25, -0.2) is 0 Å². The smallest absolute Gasteiger partial charge is 0.0570 e. The van der Waals surface area contributed by atoms with Crippen LogP contribution in [0.1, 0.15) is 5.56 Å². The molecule has 2 heterocycles. The second kappa shape index (κ2) is 3.44. The molecule has 0 aromatic carbocycles. The van der Waals surface area contributed by atoms with Crippen molar-refractivity contribution in [3.63, 3.8) is 0 Å². The maximum atomic E-state index is 9.20. The average Bonchev–Trinajstić information content (AvgIpc) is 2.13. The van der Waals surface area contributed by atoms with E-state index < -0.39 is 0 Å². The Balaban J connectivity index is 2.05. The highest BCUT2D eigenvalue weighted by Gasteiger charge is 2.37. The van der Waals surface area contributed by atoms with Crippen molar-refractivity contribution in [2.45, 2.75) is 6.42 Å². The van der Waals surface area contributed by atoms with E-state index in [-0.39, 0.29) is 12.0 Å². The molecule has 0 amide bonds. The fourth-order valence-electron chi connectivity index (χ4n) is 1.57. The molecule has 0 saturated carbocycles. The van der Waals surface area contributed by atoms with Gasteiger partial charge < -0.3 is 9.84 Å². The van der Waals surface area contributed by atoms with Crippen molar-refractivity contribution in [3.8, 4) is 0 Å². The summed E-state index contributed by atoms with van der Waals surface area (Å²) in [6.07, 6.45) is 4.44. The van der Waals surface area contributed by atoms with Crippen LogP contribution < -0.4 is 0 Å². The summed E-state index contributed by atoms with van der Waals surface area (Å²) in [5.74, 6) is 0. The number of pyridine rings is 1. The summed E-state index contributed by atoms with van der Waals surface area (Å²) < 4.78 is 5.13. The predicted octanol–water partition coefficient (Wildman–Crippen LogP) is 0.633. The first-order chi connectivity index (χ1) is 6.35. The van der Waals surface area contributed by atoms with E-state index in [9.17, 15) is 5.11 Å². The van der Waals surface area contributed by atoms with Gasteiger partial charge in [0.2, 0.25) is 0 Å². The molecule has 0 atom stereocenters. The van der Waals surface area contributed by atoms with Crippen LogP contribution in [0.15, 0.2) is 24.5 Å². The van der Waals surface area contributed by atoms with Crippen molar-refractivity contribution >= 4 is 0 Å². The lowest BCUT2D eigenvalue weighted by Crippen LogP contribution is -2.47. The van der Waals surface area contributed by atoms with E-state index in [2.05, 4.69) is 4.98 Å². The first kappa shape index (κ1) is 8.66. The molecule has 0 radical (unpaired) electrons. The molecule has 1 aliphatic heterocycles. The fraction of sp³-hybridized carbons (Fsp3) is 0.500. The number of aliphatic hydroxyl groups is 1. The van der Waals surface area contributed by atoms with Gasteiger partial charge in [0.1, 0.15) is 0 Å². The molecular weight excluding hydrogens is 166 g/mol. The van der Waals surface area contributed by atoms with E-state index in [1.807, 2.05) is 12.1 Å². The highest BCUT2D eigenvalue weighted by Crippen LogP contribution is 2.30. The Morgan fingerprint density at radius 2 is 2.08 bits per heavy atom. The third-order valence-electron chi connectivity index (χ3n) is 2.48. The number of rotatable bonds is 3. The molecule has 0 bridgehead atoms. The van der Waals surface area contributed by atoms with E-state index in [4.69, 9.17) is 4.74 Å². The summed E-state index contributed by atoms with van der Waals surface area (Å²) in [4.78, 5) is 3.95. The molecule has 3 nitrogen and oxygen atoms in total. The number of aromatic nitrogens is 1.